The van der Waals surface area contributed by atoms with Crippen molar-refractivity contribution >= 4 is 39.5 Å². The average Bonchev–Trinajstić information content (AvgIpc) is 3.52. The molecule has 1 unspecified atom stereocenters. The van der Waals surface area contributed by atoms with Crippen molar-refractivity contribution < 1.29 is 41.1 Å². The van der Waals surface area contributed by atoms with Gasteiger partial charge in [0.2, 0.25) is 0 Å². The lowest BCUT2D eigenvalue weighted by atomic mass is 9.75. The largest absolute Gasteiger partial charge is 0.444 e. The minimum absolute atomic E-state index is 0.0387. The Kier molecular flexibility index (Phi) is 12.1. The number of likely N-dealkylation sites (tertiary alicyclic amines) is 1. The number of hydrogen-bond donors (Lipinski definition) is 3. The summed E-state index contributed by atoms with van der Waals surface area (Å²) >= 11 is 0. The SMILES string of the molecule is CC(C)(C)OC(=O)N[C@H](CF)[C@H]1CC[C@H](C(=O)[N+]2(c3ccc(C(=O)NS(=O)(=O)c4ccccc4F)cc3)CC[C@@H](C3CCCCC3)[C@H]2C(N)=O)CC1. The van der Waals surface area contributed by atoms with Crippen LogP contribution in [0.4, 0.5) is 19.3 Å². The maximum absolute atomic E-state index is 14.9. The van der Waals surface area contributed by atoms with E-state index < -0.39 is 68.9 Å². The summed E-state index contributed by atoms with van der Waals surface area (Å²) in [7, 11) is -4.52. The molecule has 2 aliphatic carbocycles. The van der Waals surface area contributed by atoms with E-state index in [2.05, 4.69) is 5.32 Å². The quantitative estimate of drug-likeness (QED) is 0.255. The highest BCUT2D eigenvalue weighted by atomic mass is 32.2. The summed E-state index contributed by atoms with van der Waals surface area (Å²) in [6.07, 6.45) is 6.78. The monoisotopic (exact) mass is 745 g/mol. The van der Waals surface area contributed by atoms with Gasteiger partial charge in [-0.3, -0.25) is 9.59 Å². The van der Waals surface area contributed by atoms with Crippen molar-refractivity contribution in [1.82, 2.24) is 14.5 Å². The van der Waals surface area contributed by atoms with E-state index in [1.807, 2.05) is 4.72 Å². The number of halogens is 2. The second-order valence-electron chi connectivity index (χ2n) is 15.6. The number of primary amides is 1. The first kappa shape index (κ1) is 39.3. The van der Waals surface area contributed by atoms with Crippen LogP contribution in [0, 0.1) is 29.5 Å². The molecule has 2 saturated carbocycles. The van der Waals surface area contributed by atoms with E-state index in [1.54, 1.807) is 32.9 Å². The molecule has 1 aliphatic heterocycles. The number of sulfonamides is 1. The smallest absolute Gasteiger partial charge is 0.407 e. The van der Waals surface area contributed by atoms with Crippen LogP contribution in [0.25, 0.3) is 0 Å². The molecular weight excluding hydrogens is 695 g/mol. The number of rotatable bonds is 10. The second-order valence-corrected chi connectivity index (χ2v) is 17.2. The zero-order valence-electron chi connectivity index (χ0n) is 30.1. The van der Waals surface area contributed by atoms with Crippen LogP contribution in [-0.4, -0.2) is 63.1 Å². The number of benzene rings is 2. The first-order chi connectivity index (χ1) is 24.6. The molecule has 0 bridgehead atoms. The summed E-state index contributed by atoms with van der Waals surface area (Å²) < 4.78 is 61.0. The Bertz CT molecular complexity index is 1740. The number of carbonyl (C=O) groups excluding carboxylic acids is 4. The van der Waals surface area contributed by atoms with Gasteiger partial charge in [0.1, 0.15) is 28.7 Å². The Morgan fingerprint density at radius 1 is 0.923 bits per heavy atom. The second kappa shape index (κ2) is 16.0. The molecule has 3 fully saturated rings. The zero-order valence-corrected chi connectivity index (χ0v) is 30.9. The Balaban J connectivity index is 1.41. The molecule has 284 valence electrons. The van der Waals surface area contributed by atoms with Gasteiger partial charge < -0.3 is 15.8 Å². The summed E-state index contributed by atoms with van der Waals surface area (Å²) in [4.78, 5) is 53.3. The first-order valence-electron chi connectivity index (χ1n) is 18.3. The average molecular weight is 746 g/mol. The number of nitrogens with one attached hydrogen (secondary N) is 2. The van der Waals surface area contributed by atoms with Gasteiger partial charge >= 0.3 is 12.0 Å². The van der Waals surface area contributed by atoms with Gasteiger partial charge in [0.25, 0.3) is 21.8 Å². The molecule has 1 heterocycles. The minimum atomic E-state index is -4.52. The number of nitrogens with two attached hydrogens (primary N) is 1. The normalized spacial score (nSPS) is 26.2. The molecule has 4 N–H and O–H groups in total. The zero-order chi connectivity index (χ0) is 37.8. The van der Waals surface area contributed by atoms with Crippen LogP contribution in [0.2, 0.25) is 0 Å². The maximum Gasteiger partial charge on any atom is 0.407 e. The molecule has 3 aliphatic rings. The van der Waals surface area contributed by atoms with Crippen LogP contribution in [0.1, 0.15) is 95.3 Å². The fourth-order valence-electron chi connectivity index (χ4n) is 8.74. The molecule has 0 radical (unpaired) electrons. The van der Waals surface area contributed by atoms with E-state index in [1.165, 1.54) is 24.3 Å². The van der Waals surface area contributed by atoms with Gasteiger partial charge in [0, 0.05) is 30.0 Å². The van der Waals surface area contributed by atoms with Crippen molar-refractivity contribution in [3.8, 4) is 0 Å². The number of hydrogen-bond acceptors (Lipinski definition) is 7. The Hall–Kier alpha value is -3.91. The van der Waals surface area contributed by atoms with Crippen molar-refractivity contribution in [2.45, 2.75) is 108 Å². The fraction of sp³-hybridized carbons (Fsp3) is 0.579. The molecule has 0 spiro atoms. The van der Waals surface area contributed by atoms with Gasteiger partial charge in [-0.1, -0.05) is 31.4 Å². The number of carbonyl (C=O) groups is 4. The number of amides is 4. The van der Waals surface area contributed by atoms with Crippen LogP contribution in [0.5, 0.6) is 0 Å². The molecule has 2 aromatic carbocycles. The highest BCUT2D eigenvalue weighted by Gasteiger charge is 2.60. The molecule has 4 amide bonds. The topological polar surface area (TPSA) is 162 Å². The van der Waals surface area contributed by atoms with Crippen LogP contribution < -0.4 is 20.3 Å². The summed E-state index contributed by atoms with van der Waals surface area (Å²) in [6, 6.07) is 9.02. The lowest BCUT2D eigenvalue weighted by molar-refractivity contribution is -0.142. The Morgan fingerprint density at radius 3 is 2.13 bits per heavy atom. The Labute approximate surface area is 304 Å². The molecule has 2 aromatic rings. The van der Waals surface area contributed by atoms with E-state index in [0.717, 1.165) is 44.2 Å². The number of alkyl carbamates (subject to hydrolysis) is 1. The third-order valence-corrected chi connectivity index (χ3v) is 12.5. The minimum Gasteiger partial charge on any atom is -0.444 e. The van der Waals surface area contributed by atoms with E-state index >= 15 is 0 Å². The molecule has 5 rings (SSSR count). The standard InChI is InChI=1S/C38H50F2N4O7S/c1-38(2,3)51-37(48)42-31(23-39)25-13-15-27(16-14-25)36(47)44(22-21-29(33(44)34(41)45)24-9-5-4-6-10-24)28-19-17-26(18-20-28)35(46)43-52(49,50)32-12-8-7-11-30(32)40/h7-8,11-12,17-20,24-25,27,29,31,33H,4-6,9-10,13-16,21-23H2,1-3H3,(H3-,41,42,43,45,46,48)/p+1/t25-,27-,29-,31+,33-,44?/m0/s1. The fourth-order valence-corrected chi connectivity index (χ4v) is 9.79. The highest BCUT2D eigenvalue weighted by molar-refractivity contribution is 7.90. The molecule has 14 heteroatoms. The number of quaternary nitrogens is 1. The van der Waals surface area contributed by atoms with E-state index in [9.17, 15) is 36.4 Å². The van der Waals surface area contributed by atoms with Crippen molar-refractivity contribution in [2.24, 2.45) is 29.4 Å². The van der Waals surface area contributed by atoms with Gasteiger partial charge in [-0.2, -0.15) is 0 Å². The van der Waals surface area contributed by atoms with Gasteiger partial charge in [-0.25, -0.2) is 36.0 Å². The van der Waals surface area contributed by atoms with Crippen LogP contribution in [0.3, 0.4) is 0 Å². The van der Waals surface area contributed by atoms with E-state index in [0.29, 0.717) is 44.3 Å². The summed E-state index contributed by atoms with van der Waals surface area (Å²) in [5, 5.41) is 2.65. The molecule has 0 aromatic heterocycles. The predicted octanol–water partition coefficient (Wildman–Crippen LogP) is 5.90. The van der Waals surface area contributed by atoms with Gasteiger partial charge in [-0.05, 0) is 95.4 Å². The van der Waals surface area contributed by atoms with Gasteiger partial charge in [0.05, 0.1) is 18.5 Å². The first-order valence-corrected chi connectivity index (χ1v) is 19.7. The molecule has 1 saturated heterocycles. The predicted molar refractivity (Wildman–Crippen MR) is 191 cm³/mol. The van der Waals surface area contributed by atoms with E-state index in [-0.39, 0.29) is 33.7 Å². The number of alkyl halides is 1. The third kappa shape index (κ3) is 8.48. The molecule has 52 heavy (non-hydrogen) atoms. The summed E-state index contributed by atoms with van der Waals surface area (Å²) in [5.41, 5.74) is 5.89. The maximum atomic E-state index is 14.9. The van der Waals surface area contributed by atoms with Crippen molar-refractivity contribution in [1.29, 1.82) is 0 Å². The lowest BCUT2D eigenvalue weighted by Crippen LogP contribution is -2.65. The number of ether oxygens (including phenoxy) is 1. The molecule has 4 atom stereocenters. The third-order valence-electron chi connectivity index (χ3n) is 11.1. The summed E-state index contributed by atoms with van der Waals surface area (Å²) in [5.74, 6) is -3.32. The van der Waals surface area contributed by atoms with Gasteiger partial charge in [-0.15, -0.1) is 0 Å². The van der Waals surface area contributed by atoms with Crippen LogP contribution >= 0.6 is 0 Å². The summed E-state index contributed by atoms with van der Waals surface area (Å²) in [6.45, 7) is 4.73. The van der Waals surface area contributed by atoms with Crippen molar-refractivity contribution in [3.63, 3.8) is 0 Å². The number of nitrogens with zero attached hydrogens (tertiary/aromatic N) is 1. The van der Waals surface area contributed by atoms with Crippen LogP contribution in [0.15, 0.2) is 53.4 Å². The van der Waals surface area contributed by atoms with Gasteiger partial charge in [0.15, 0.2) is 6.04 Å². The molecule has 11 nitrogen and oxygen atoms in total. The molecular formula is C38H51F2N4O7S+. The Morgan fingerprint density at radius 2 is 1.56 bits per heavy atom. The van der Waals surface area contributed by atoms with Crippen molar-refractivity contribution in [2.75, 3.05) is 13.2 Å². The van der Waals surface area contributed by atoms with Crippen molar-refractivity contribution in [3.05, 3.63) is 59.9 Å². The lowest BCUT2D eigenvalue weighted by Gasteiger charge is -2.42. The highest BCUT2D eigenvalue weighted by Crippen LogP contribution is 2.47. The van der Waals surface area contributed by atoms with Crippen LogP contribution in [-0.2, 0) is 24.3 Å². The van der Waals surface area contributed by atoms with E-state index in [4.69, 9.17) is 10.5 Å².